The molecule has 4 aromatic rings. The highest BCUT2D eigenvalue weighted by molar-refractivity contribution is 8.01. The third kappa shape index (κ3) is 4.65. The van der Waals surface area contributed by atoms with Crippen LogP contribution in [0.3, 0.4) is 0 Å². The normalized spacial score (nSPS) is 15.6. The number of para-hydroxylation sites is 1. The first kappa shape index (κ1) is 21.7. The second-order valence-electron chi connectivity index (χ2n) is 7.88. The predicted molar refractivity (Wildman–Crippen MR) is 135 cm³/mol. The number of carbonyl (C=O) groups is 1. The maximum absolute atomic E-state index is 13.3. The molecule has 0 aliphatic carbocycles. The van der Waals surface area contributed by atoms with Crippen LogP contribution in [0.4, 0.5) is 0 Å². The Morgan fingerprint density at radius 1 is 1.09 bits per heavy atom. The number of thioether (sulfide) groups is 1. The van der Waals surface area contributed by atoms with E-state index in [1.807, 2.05) is 42.5 Å². The number of aryl methyl sites for hydroxylation is 1. The van der Waals surface area contributed by atoms with E-state index in [2.05, 4.69) is 42.2 Å². The summed E-state index contributed by atoms with van der Waals surface area (Å²) in [5.41, 5.74) is 5.16. The molecule has 7 heteroatoms. The van der Waals surface area contributed by atoms with Gasteiger partial charge in [-0.1, -0.05) is 53.7 Å². The van der Waals surface area contributed by atoms with Gasteiger partial charge in [0.2, 0.25) is 0 Å². The van der Waals surface area contributed by atoms with Crippen molar-refractivity contribution in [3.8, 4) is 5.75 Å². The van der Waals surface area contributed by atoms with E-state index in [0.717, 1.165) is 37.1 Å². The van der Waals surface area contributed by atoms with Crippen LogP contribution in [0.1, 0.15) is 29.2 Å². The van der Waals surface area contributed by atoms with Gasteiger partial charge in [-0.2, -0.15) is 5.10 Å². The standard InChI is InChI=1S/C26H23N3O2S2/c1-17-7-9-19(10-8-17)23-15-22(18-11-13-20(31-2)14-12-18)28-29(23)25(30)16-32-26-27-21-5-3-4-6-24(21)33-26/h3-14,23H,15-16H2,1-2H3/t23-/m1/s1. The number of hydrogen-bond acceptors (Lipinski definition) is 6. The zero-order chi connectivity index (χ0) is 22.8. The largest absolute Gasteiger partial charge is 0.497 e. The van der Waals surface area contributed by atoms with Crippen LogP contribution in [-0.2, 0) is 4.79 Å². The number of carbonyl (C=O) groups excluding carboxylic acids is 1. The van der Waals surface area contributed by atoms with Crippen LogP contribution in [-0.4, -0.2) is 34.5 Å². The topological polar surface area (TPSA) is 54.8 Å². The molecule has 3 aromatic carbocycles. The summed E-state index contributed by atoms with van der Waals surface area (Å²) in [6.07, 6.45) is 0.674. The SMILES string of the molecule is COc1ccc(C2=NN(C(=O)CSc3nc4ccccc4s3)[C@@H](c3ccc(C)cc3)C2)cc1. The number of hydrazone groups is 1. The number of hydrogen-bond donors (Lipinski definition) is 0. The number of methoxy groups -OCH3 is 1. The first-order valence-corrected chi connectivity index (χ1v) is 12.5. The minimum Gasteiger partial charge on any atom is -0.497 e. The van der Waals surface area contributed by atoms with E-state index in [-0.39, 0.29) is 11.9 Å². The molecule has 1 aliphatic heterocycles. The summed E-state index contributed by atoms with van der Waals surface area (Å²) >= 11 is 3.09. The van der Waals surface area contributed by atoms with Gasteiger partial charge >= 0.3 is 0 Å². The first-order valence-electron chi connectivity index (χ1n) is 10.7. The molecule has 5 nitrogen and oxygen atoms in total. The molecule has 2 heterocycles. The fourth-order valence-corrected chi connectivity index (χ4v) is 5.77. The van der Waals surface area contributed by atoms with Gasteiger partial charge in [0.15, 0.2) is 4.34 Å². The van der Waals surface area contributed by atoms with Gasteiger partial charge in [0.05, 0.1) is 34.8 Å². The molecule has 0 radical (unpaired) electrons. The molecule has 33 heavy (non-hydrogen) atoms. The van der Waals surface area contributed by atoms with Crippen molar-refractivity contribution < 1.29 is 9.53 Å². The Balaban J connectivity index is 1.38. The molecule has 1 amide bonds. The second-order valence-corrected chi connectivity index (χ2v) is 10.1. The number of aromatic nitrogens is 1. The lowest BCUT2D eigenvalue weighted by atomic mass is 9.97. The highest BCUT2D eigenvalue weighted by Gasteiger charge is 2.33. The van der Waals surface area contributed by atoms with Gasteiger partial charge in [-0.15, -0.1) is 11.3 Å². The molecule has 5 rings (SSSR count). The molecular weight excluding hydrogens is 450 g/mol. The summed E-state index contributed by atoms with van der Waals surface area (Å²) in [6.45, 7) is 2.06. The Morgan fingerprint density at radius 3 is 2.58 bits per heavy atom. The maximum Gasteiger partial charge on any atom is 0.253 e. The summed E-state index contributed by atoms with van der Waals surface area (Å²) in [5.74, 6) is 1.07. The number of rotatable bonds is 6. The zero-order valence-electron chi connectivity index (χ0n) is 18.4. The lowest BCUT2D eigenvalue weighted by molar-refractivity contribution is -0.130. The molecule has 1 aromatic heterocycles. The van der Waals surface area contributed by atoms with Gasteiger partial charge in [0.25, 0.3) is 5.91 Å². The molecule has 0 fully saturated rings. The van der Waals surface area contributed by atoms with Gasteiger partial charge < -0.3 is 4.74 Å². The van der Waals surface area contributed by atoms with Crippen LogP contribution >= 0.6 is 23.1 Å². The van der Waals surface area contributed by atoms with Crippen molar-refractivity contribution in [3.05, 3.63) is 89.5 Å². The summed E-state index contributed by atoms with van der Waals surface area (Å²) in [4.78, 5) is 18.0. The van der Waals surface area contributed by atoms with Crippen LogP contribution in [0.15, 0.2) is 82.2 Å². The fraction of sp³-hybridized carbons (Fsp3) is 0.192. The molecule has 0 bridgehead atoms. The zero-order valence-corrected chi connectivity index (χ0v) is 20.0. The fourth-order valence-electron chi connectivity index (χ4n) is 3.85. The molecule has 166 valence electrons. The number of ether oxygens (including phenoxy) is 1. The number of nitrogens with zero attached hydrogens (tertiary/aromatic N) is 3. The van der Waals surface area contributed by atoms with Gasteiger partial charge in [-0.3, -0.25) is 4.79 Å². The molecule has 0 unspecified atom stereocenters. The Hall–Kier alpha value is -3.16. The van der Waals surface area contributed by atoms with Crippen molar-refractivity contribution in [2.75, 3.05) is 12.9 Å². The Labute approximate surface area is 201 Å². The summed E-state index contributed by atoms with van der Waals surface area (Å²) in [5, 5.41) is 6.44. The van der Waals surface area contributed by atoms with E-state index in [1.54, 1.807) is 23.5 Å². The van der Waals surface area contributed by atoms with Crippen LogP contribution in [0.25, 0.3) is 10.2 Å². The number of benzene rings is 3. The molecule has 1 aliphatic rings. The van der Waals surface area contributed by atoms with E-state index < -0.39 is 0 Å². The molecule has 0 saturated carbocycles. The summed E-state index contributed by atoms with van der Waals surface area (Å²) in [7, 11) is 1.65. The number of amides is 1. The molecule has 0 N–H and O–H groups in total. The van der Waals surface area contributed by atoms with E-state index in [4.69, 9.17) is 9.84 Å². The van der Waals surface area contributed by atoms with Crippen LogP contribution < -0.4 is 4.74 Å². The minimum absolute atomic E-state index is 0.0201. The average molecular weight is 474 g/mol. The van der Waals surface area contributed by atoms with Crippen molar-refractivity contribution in [1.82, 2.24) is 9.99 Å². The highest BCUT2D eigenvalue weighted by Crippen LogP contribution is 2.35. The van der Waals surface area contributed by atoms with E-state index in [1.165, 1.54) is 17.3 Å². The summed E-state index contributed by atoms with van der Waals surface area (Å²) < 4.78 is 7.31. The lowest BCUT2D eigenvalue weighted by Gasteiger charge is -2.22. The average Bonchev–Trinajstić information content (AvgIpc) is 3.48. The molecular formula is C26H23N3O2S2. The van der Waals surface area contributed by atoms with Gasteiger partial charge in [-0.25, -0.2) is 9.99 Å². The lowest BCUT2D eigenvalue weighted by Crippen LogP contribution is -2.28. The summed E-state index contributed by atoms with van der Waals surface area (Å²) in [6, 6.07) is 24.1. The number of thiazole rings is 1. The van der Waals surface area contributed by atoms with Crippen molar-refractivity contribution in [2.45, 2.75) is 23.7 Å². The molecule has 1 atom stereocenters. The van der Waals surface area contributed by atoms with Crippen molar-refractivity contribution in [3.63, 3.8) is 0 Å². The third-order valence-electron chi connectivity index (χ3n) is 5.64. The molecule has 0 spiro atoms. The highest BCUT2D eigenvalue weighted by atomic mass is 32.2. The maximum atomic E-state index is 13.3. The molecule has 0 saturated heterocycles. The van der Waals surface area contributed by atoms with E-state index >= 15 is 0 Å². The van der Waals surface area contributed by atoms with Crippen LogP contribution in [0.2, 0.25) is 0 Å². The number of fused-ring (bicyclic) bond motifs is 1. The van der Waals surface area contributed by atoms with E-state index in [9.17, 15) is 4.79 Å². The first-order chi connectivity index (χ1) is 16.1. The quantitative estimate of drug-likeness (QED) is 0.318. The van der Waals surface area contributed by atoms with Gasteiger partial charge in [-0.05, 0) is 54.4 Å². The van der Waals surface area contributed by atoms with Crippen LogP contribution in [0.5, 0.6) is 5.75 Å². The van der Waals surface area contributed by atoms with Crippen LogP contribution in [0, 0.1) is 6.92 Å². The van der Waals surface area contributed by atoms with Crippen molar-refractivity contribution in [1.29, 1.82) is 0 Å². The Bertz CT molecular complexity index is 1280. The smallest absolute Gasteiger partial charge is 0.253 e. The predicted octanol–water partition coefficient (Wildman–Crippen LogP) is 6.08. The van der Waals surface area contributed by atoms with E-state index in [0.29, 0.717) is 12.2 Å². The Kier molecular flexibility index (Phi) is 6.15. The van der Waals surface area contributed by atoms with Crippen molar-refractivity contribution >= 4 is 44.9 Å². The monoisotopic (exact) mass is 473 g/mol. The van der Waals surface area contributed by atoms with Gasteiger partial charge in [0, 0.05) is 6.42 Å². The van der Waals surface area contributed by atoms with Gasteiger partial charge in [0.1, 0.15) is 5.75 Å². The minimum atomic E-state index is -0.119. The van der Waals surface area contributed by atoms with Crippen molar-refractivity contribution in [2.24, 2.45) is 5.10 Å². The second kappa shape index (κ2) is 9.37. The third-order valence-corrected chi connectivity index (χ3v) is 7.81. The Morgan fingerprint density at radius 2 is 1.85 bits per heavy atom.